The monoisotopic (exact) mass is 539 g/mol. The highest BCUT2D eigenvalue weighted by atomic mass is 32.1. The zero-order valence-corrected chi connectivity index (χ0v) is 23.0. The third-order valence-corrected chi connectivity index (χ3v) is 8.97. The number of anilines is 1. The zero-order valence-electron chi connectivity index (χ0n) is 22.1. The molecule has 6 aromatic rings. The lowest BCUT2D eigenvalue weighted by atomic mass is 9.95. The molecule has 0 unspecified atom stereocenters. The van der Waals surface area contributed by atoms with Gasteiger partial charge in [0, 0.05) is 46.0 Å². The number of benzene rings is 4. The minimum Gasteiger partial charge on any atom is -0.342 e. The predicted molar refractivity (Wildman–Crippen MR) is 168 cm³/mol. The molecule has 1 N–H and O–H groups in total. The van der Waals surface area contributed by atoms with E-state index in [0.717, 1.165) is 59.4 Å². The second-order valence-corrected chi connectivity index (χ2v) is 11.4. The van der Waals surface area contributed by atoms with Crippen molar-refractivity contribution in [1.29, 1.82) is 0 Å². The average Bonchev–Trinajstić information content (AvgIpc) is 3.55. The van der Waals surface area contributed by atoms with Crippen LogP contribution in [-0.2, 0) is 19.4 Å². The summed E-state index contributed by atoms with van der Waals surface area (Å²) in [4.78, 5) is 19.8. The summed E-state index contributed by atoms with van der Waals surface area (Å²) in [7, 11) is 0. The molecule has 1 aliphatic carbocycles. The molecule has 4 nitrogen and oxygen atoms in total. The first-order chi connectivity index (χ1) is 19.7. The standard InChI is InChI=1S/C35H29N3OS/c39-34(37-27-14-2-1-3-15-27)33-30-18-7-9-20-32(30)40-35(33)36-21-26-23-38(31-19-8-6-17-29(26)31)22-25-13-10-12-24-11-4-5-16-28(24)25/h1-6,8,10-17,19,21,23H,7,9,18,20,22H2,(H,37,39)/b36-21-. The molecule has 7 rings (SSSR count). The molecule has 2 aromatic heterocycles. The molecule has 0 saturated carbocycles. The topological polar surface area (TPSA) is 46.4 Å². The van der Waals surface area contributed by atoms with Gasteiger partial charge >= 0.3 is 0 Å². The van der Waals surface area contributed by atoms with Crippen molar-refractivity contribution in [2.24, 2.45) is 4.99 Å². The molecule has 0 atom stereocenters. The number of nitrogens with zero attached hydrogens (tertiary/aromatic N) is 2. The first kappa shape index (κ1) is 24.6. The molecule has 1 amide bonds. The molecule has 196 valence electrons. The van der Waals surface area contributed by atoms with Gasteiger partial charge in [0.05, 0.1) is 5.56 Å². The fourth-order valence-electron chi connectivity index (χ4n) is 5.84. The molecule has 5 heteroatoms. The maximum atomic E-state index is 13.5. The number of carbonyl (C=O) groups is 1. The van der Waals surface area contributed by atoms with Crippen LogP contribution in [0.2, 0.25) is 0 Å². The third-order valence-electron chi connectivity index (χ3n) is 7.77. The van der Waals surface area contributed by atoms with Crippen LogP contribution in [0.1, 0.15) is 44.8 Å². The normalized spacial score (nSPS) is 13.2. The first-order valence-electron chi connectivity index (χ1n) is 13.8. The van der Waals surface area contributed by atoms with Crippen molar-refractivity contribution in [3.63, 3.8) is 0 Å². The van der Waals surface area contributed by atoms with Crippen LogP contribution in [0, 0.1) is 0 Å². The summed E-state index contributed by atoms with van der Waals surface area (Å²) in [5, 5.41) is 7.58. The van der Waals surface area contributed by atoms with E-state index in [0.29, 0.717) is 0 Å². The fourth-order valence-corrected chi connectivity index (χ4v) is 7.07. The van der Waals surface area contributed by atoms with Crippen LogP contribution < -0.4 is 5.32 Å². The molecule has 0 bridgehead atoms. The molecule has 0 fully saturated rings. The molecular weight excluding hydrogens is 510 g/mol. The summed E-state index contributed by atoms with van der Waals surface area (Å²) < 4.78 is 2.31. The van der Waals surface area contributed by atoms with Crippen LogP contribution in [0.25, 0.3) is 21.7 Å². The smallest absolute Gasteiger partial charge is 0.259 e. The molecule has 40 heavy (non-hydrogen) atoms. The van der Waals surface area contributed by atoms with Crippen LogP contribution in [0.5, 0.6) is 0 Å². The second kappa shape index (κ2) is 10.6. The molecule has 0 saturated heterocycles. The van der Waals surface area contributed by atoms with Crippen molar-refractivity contribution in [3.8, 4) is 0 Å². The van der Waals surface area contributed by atoms with Gasteiger partial charge in [0.25, 0.3) is 5.91 Å². The number of thiophene rings is 1. The second-order valence-electron chi connectivity index (χ2n) is 10.3. The summed E-state index contributed by atoms with van der Waals surface area (Å²) in [6.07, 6.45) is 8.36. The van der Waals surface area contributed by atoms with Crippen molar-refractivity contribution in [1.82, 2.24) is 4.57 Å². The highest BCUT2D eigenvalue weighted by Gasteiger charge is 2.25. The third kappa shape index (κ3) is 4.63. The Hall–Kier alpha value is -4.48. The van der Waals surface area contributed by atoms with Crippen molar-refractivity contribution in [3.05, 3.63) is 130 Å². The van der Waals surface area contributed by atoms with E-state index >= 15 is 0 Å². The summed E-state index contributed by atoms with van der Waals surface area (Å²) in [6.45, 7) is 0.772. The van der Waals surface area contributed by atoms with E-state index in [1.54, 1.807) is 11.3 Å². The Bertz CT molecular complexity index is 1870. The van der Waals surface area contributed by atoms with E-state index in [2.05, 4.69) is 82.8 Å². The van der Waals surface area contributed by atoms with Crippen LogP contribution in [0.15, 0.2) is 108 Å². The highest BCUT2D eigenvalue weighted by Crippen LogP contribution is 2.40. The quantitative estimate of drug-likeness (QED) is 0.211. The van der Waals surface area contributed by atoms with E-state index in [9.17, 15) is 4.79 Å². The SMILES string of the molecule is O=C(Nc1ccccc1)c1c(/N=C\c2cn(Cc3cccc4ccccc34)c3ccccc23)sc2c1CCCC2. The van der Waals surface area contributed by atoms with Crippen molar-refractivity contribution in [2.75, 3.05) is 5.32 Å². The highest BCUT2D eigenvalue weighted by molar-refractivity contribution is 7.16. The van der Waals surface area contributed by atoms with Gasteiger partial charge in [-0.15, -0.1) is 11.3 Å². The number of amides is 1. The van der Waals surface area contributed by atoms with Crippen molar-refractivity contribution < 1.29 is 4.79 Å². The maximum Gasteiger partial charge on any atom is 0.259 e. The van der Waals surface area contributed by atoms with Gasteiger partial charge < -0.3 is 9.88 Å². The number of para-hydroxylation sites is 2. The number of aliphatic imine (C=N–C) groups is 1. The number of carbonyl (C=O) groups excluding carboxylic acids is 1. The number of hydrogen-bond acceptors (Lipinski definition) is 3. The Morgan fingerprint density at radius 2 is 1.60 bits per heavy atom. The number of hydrogen-bond donors (Lipinski definition) is 1. The van der Waals surface area contributed by atoms with Gasteiger partial charge in [-0.1, -0.05) is 78.9 Å². The molecule has 2 heterocycles. The average molecular weight is 540 g/mol. The van der Waals surface area contributed by atoms with Gasteiger partial charge in [-0.2, -0.15) is 0 Å². The summed E-state index contributed by atoms with van der Waals surface area (Å²) in [5.41, 5.74) is 6.22. The van der Waals surface area contributed by atoms with Crippen LogP contribution in [0.4, 0.5) is 10.7 Å². The Morgan fingerprint density at radius 1 is 0.850 bits per heavy atom. The number of nitrogens with one attached hydrogen (secondary N) is 1. The Kier molecular flexibility index (Phi) is 6.50. The minimum atomic E-state index is -0.0730. The van der Waals surface area contributed by atoms with Gasteiger partial charge in [-0.05, 0) is 65.8 Å². The van der Waals surface area contributed by atoms with E-state index in [1.165, 1.54) is 32.3 Å². The predicted octanol–water partition coefficient (Wildman–Crippen LogP) is 8.79. The maximum absolute atomic E-state index is 13.5. The van der Waals surface area contributed by atoms with Gasteiger partial charge in [0.1, 0.15) is 5.00 Å². The molecule has 0 aliphatic heterocycles. The molecule has 0 radical (unpaired) electrons. The Morgan fingerprint density at radius 3 is 2.50 bits per heavy atom. The Labute approximate surface area is 237 Å². The van der Waals surface area contributed by atoms with Gasteiger partial charge in [0.2, 0.25) is 0 Å². The van der Waals surface area contributed by atoms with E-state index in [-0.39, 0.29) is 5.91 Å². The van der Waals surface area contributed by atoms with E-state index in [4.69, 9.17) is 4.99 Å². The lowest BCUT2D eigenvalue weighted by Crippen LogP contribution is -2.14. The summed E-state index contributed by atoms with van der Waals surface area (Å²) in [6, 6.07) is 33.2. The minimum absolute atomic E-state index is 0.0730. The van der Waals surface area contributed by atoms with Gasteiger partial charge in [-0.25, -0.2) is 4.99 Å². The van der Waals surface area contributed by atoms with E-state index < -0.39 is 0 Å². The lowest BCUT2D eigenvalue weighted by molar-refractivity contribution is 0.102. The number of aromatic nitrogens is 1. The van der Waals surface area contributed by atoms with Crippen molar-refractivity contribution >= 4 is 55.8 Å². The van der Waals surface area contributed by atoms with Crippen LogP contribution >= 0.6 is 11.3 Å². The summed E-state index contributed by atoms with van der Waals surface area (Å²) >= 11 is 1.67. The molecule has 1 aliphatic rings. The van der Waals surface area contributed by atoms with Gasteiger partial charge in [0.15, 0.2) is 0 Å². The summed E-state index contributed by atoms with van der Waals surface area (Å²) in [5.74, 6) is -0.0730. The van der Waals surface area contributed by atoms with Gasteiger partial charge in [-0.3, -0.25) is 4.79 Å². The zero-order chi connectivity index (χ0) is 26.9. The van der Waals surface area contributed by atoms with Crippen molar-refractivity contribution in [2.45, 2.75) is 32.2 Å². The van der Waals surface area contributed by atoms with Crippen LogP contribution in [-0.4, -0.2) is 16.7 Å². The Balaban J connectivity index is 1.26. The lowest BCUT2D eigenvalue weighted by Gasteiger charge is -2.12. The molecule has 0 spiro atoms. The number of rotatable bonds is 6. The molecule has 4 aromatic carbocycles. The largest absolute Gasteiger partial charge is 0.342 e. The number of aryl methyl sites for hydroxylation is 1. The molecular formula is C35H29N3OS. The first-order valence-corrected chi connectivity index (χ1v) is 14.7. The van der Waals surface area contributed by atoms with E-state index in [1.807, 2.05) is 36.5 Å². The number of fused-ring (bicyclic) bond motifs is 3. The van der Waals surface area contributed by atoms with Crippen LogP contribution in [0.3, 0.4) is 0 Å². The fraction of sp³-hybridized carbons (Fsp3) is 0.143.